The van der Waals surface area contributed by atoms with Gasteiger partial charge in [-0.3, -0.25) is 19.9 Å². The van der Waals surface area contributed by atoms with Crippen LogP contribution in [-0.2, 0) is 4.79 Å². The maximum Gasteiger partial charge on any atom is 0.270 e. The second kappa shape index (κ2) is 6.64. The summed E-state index contributed by atoms with van der Waals surface area (Å²) in [6, 6.07) is 11.0. The third-order valence-corrected chi connectivity index (χ3v) is 4.55. The summed E-state index contributed by atoms with van der Waals surface area (Å²) in [5, 5.41) is 11.7. The van der Waals surface area contributed by atoms with Crippen LogP contribution in [0, 0.1) is 10.1 Å². The number of rotatable bonds is 3. The maximum atomic E-state index is 12.7. The number of nitrogens with zero attached hydrogens (tertiary/aromatic N) is 3. The predicted octanol–water partition coefficient (Wildman–Crippen LogP) is 3.84. The highest BCUT2D eigenvalue weighted by Gasteiger charge is 2.30. The quantitative estimate of drug-likeness (QED) is 0.618. The highest BCUT2D eigenvalue weighted by Crippen LogP contribution is 2.33. The number of fused-ring (bicyclic) bond motifs is 1. The van der Waals surface area contributed by atoms with Crippen molar-refractivity contribution in [2.24, 2.45) is 4.99 Å². The molecule has 0 radical (unpaired) electrons. The molecule has 0 fully saturated rings. The minimum atomic E-state index is -0.567. The molecular weight excluding hydrogens is 342 g/mol. The van der Waals surface area contributed by atoms with E-state index in [2.05, 4.69) is 4.99 Å². The number of halogens is 1. The van der Waals surface area contributed by atoms with Gasteiger partial charge < -0.3 is 4.90 Å². The number of anilines is 1. The van der Waals surface area contributed by atoms with E-state index in [4.69, 9.17) is 11.6 Å². The molecule has 0 N–H and O–H groups in total. The fraction of sp³-hybridized carbons (Fsp3) is 0.222. The molecule has 6 nitrogen and oxygen atoms in total. The molecule has 1 heterocycles. The number of hydrogen-bond donors (Lipinski definition) is 0. The van der Waals surface area contributed by atoms with Gasteiger partial charge in [0.15, 0.2) is 0 Å². The number of hydrogen-bond acceptors (Lipinski definition) is 4. The Morgan fingerprint density at radius 1 is 1.24 bits per heavy atom. The number of carbonyl (C=O) groups excluding carboxylic acids is 1. The minimum Gasteiger partial charge on any atom is -0.313 e. The van der Waals surface area contributed by atoms with Gasteiger partial charge in [0, 0.05) is 35.3 Å². The molecule has 0 aliphatic carbocycles. The van der Waals surface area contributed by atoms with Crippen LogP contribution in [0.4, 0.5) is 11.4 Å². The number of nitro groups is 1. The highest BCUT2D eigenvalue weighted by molar-refractivity contribution is 6.36. The number of non-ortho nitro benzene ring substituents is 1. The summed E-state index contributed by atoms with van der Waals surface area (Å²) in [6.07, 6.45) is 0.521. The van der Waals surface area contributed by atoms with Crippen LogP contribution in [0.25, 0.3) is 0 Å². The van der Waals surface area contributed by atoms with E-state index in [0.29, 0.717) is 34.0 Å². The van der Waals surface area contributed by atoms with E-state index >= 15 is 0 Å². The van der Waals surface area contributed by atoms with Crippen molar-refractivity contribution >= 4 is 34.6 Å². The summed E-state index contributed by atoms with van der Waals surface area (Å²) >= 11 is 6.33. The number of benzodiazepines with no additional fused rings is 1. The maximum absolute atomic E-state index is 12.7. The zero-order valence-corrected chi connectivity index (χ0v) is 14.5. The number of nitro benzene ring substituents is 1. The Morgan fingerprint density at radius 2 is 1.96 bits per heavy atom. The summed E-state index contributed by atoms with van der Waals surface area (Å²) < 4.78 is 0. The van der Waals surface area contributed by atoms with Crippen molar-refractivity contribution in [3.63, 3.8) is 0 Å². The molecule has 2 aromatic carbocycles. The molecule has 1 unspecified atom stereocenters. The molecule has 0 aromatic heterocycles. The highest BCUT2D eigenvalue weighted by atomic mass is 35.5. The molecule has 3 rings (SSSR count). The summed E-state index contributed by atoms with van der Waals surface area (Å²) in [7, 11) is 1.65. The average molecular weight is 358 g/mol. The van der Waals surface area contributed by atoms with Gasteiger partial charge in [0.25, 0.3) is 11.6 Å². The standard InChI is InChI=1S/C18H16ClN3O3/c1-3-15-18(23)21(2)16-9-8-11(22(24)25)10-13(16)17(20-15)12-6-4-5-7-14(12)19/h4-10,15H,3H2,1-2H3. The van der Waals surface area contributed by atoms with Gasteiger partial charge in [0.2, 0.25) is 0 Å². The van der Waals surface area contributed by atoms with Crippen molar-refractivity contribution in [3.8, 4) is 0 Å². The average Bonchev–Trinajstić information content (AvgIpc) is 2.71. The first-order valence-corrected chi connectivity index (χ1v) is 8.21. The first-order chi connectivity index (χ1) is 11.9. The predicted molar refractivity (Wildman–Crippen MR) is 97.7 cm³/mol. The Balaban J connectivity index is 2.32. The van der Waals surface area contributed by atoms with Gasteiger partial charge in [-0.1, -0.05) is 36.7 Å². The van der Waals surface area contributed by atoms with Crippen LogP contribution < -0.4 is 4.90 Å². The van der Waals surface area contributed by atoms with E-state index in [0.717, 1.165) is 0 Å². The summed E-state index contributed by atoms with van der Waals surface area (Å²) in [6.45, 7) is 1.88. The van der Waals surface area contributed by atoms with Crippen LogP contribution in [0.5, 0.6) is 0 Å². The normalized spacial score (nSPS) is 16.9. The molecule has 128 valence electrons. The van der Waals surface area contributed by atoms with Crippen LogP contribution in [-0.4, -0.2) is 29.6 Å². The SMILES string of the molecule is CCC1N=C(c2ccccc2Cl)c2cc([N+](=O)[O-])ccc2N(C)C1=O. The molecule has 1 atom stereocenters. The molecule has 0 bridgehead atoms. The lowest BCUT2D eigenvalue weighted by molar-refractivity contribution is -0.384. The molecule has 25 heavy (non-hydrogen) atoms. The lowest BCUT2D eigenvalue weighted by Gasteiger charge is -2.19. The third-order valence-electron chi connectivity index (χ3n) is 4.22. The first kappa shape index (κ1) is 17.1. The van der Waals surface area contributed by atoms with E-state index in [1.54, 1.807) is 31.3 Å². The van der Waals surface area contributed by atoms with Gasteiger partial charge >= 0.3 is 0 Å². The van der Waals surface area contributed by atoms with Crippen LogP contribution in [0.15, 0.2) is 47.5 Å². The Kier molecular flexibility index (Phi) is 4.55. The van der Waals surface area contributed by atoms with E-state index in [-0.39, 0.29) is 11.6 Å². The molecule has 0 saturated heterocycles. The molecule has 0 saturated carbocycles. The second-order valence-electron chi connectivity index (χ2n) is 5.74. The van der Waals surface area contributed by atoms with Crippen molar-refractivity contribution in [3.05, 3.63) is 68.7 Å². The lowest BCUT2D eigenvalue weighted by atomic mass is 9.99. The monoisotopic (exact) mass is 357 g/mol. The number of likely N-dealkylation sites (N-methyl/N-ethyl adjacent to an activating group) is 1. The summed E-state index contributed by atoms with van der Waals surface area (Å²) in [5.74, 6) is -0.153. The van der Waals surface area contributed by atoms with Crippen LogP contribution in [0.2, 0.25) is 5.02 Å². The molecule has 1 aliphatic rings. The summed E-state index contributed by atoms with van der Waals surface area (Å²) in [4.78, 5) is 29.5. The van der Waals surface area contributed by atoms with Crippen molar-refractivity contribution in [2.45, 2.75) is 19.4 Å². The van der Waals surface area contributed by atoms with E-state index in [9.17, 15) is 14.9 Å². The third kappa shape index (κ3) is 3.00. The Bertz CT molecular complexity index is 895. The lowest BCUT2D eigenvalue weighted by Crippen LogP contribution is -2.34. The number of amides is 1. The molecular formula is C18H16ClN3O3. The molecule has 1 amide bonds. The number of carbonyl (C=O) groups is 1. The Labute approximate surface area is 149 Å². The van der Waals surface area contributed by atoms with E-state index < -0.39 is 11.0 Å². The number of benzene rings is 2. The van der Waals surface area contributed by atoms with Gasteiger partial charge in [0.05, 0.1) is 16.3 Å². The van der Waals surface area contributed by atoms with E-state index in [1.807, 2.05) is 13.0 Å². The fourth-order valence-electron chi connectivity index (χ4n) is 2.88. The Hall–Kier alpha value is -2.73. The second-order valence-corrected chi connectivity index (χ2v) is 6.14. The zero-order valence-electron chi connectivity index (χ0n) is 13.8. The van der Waals surface area contributed by atoms with Gasteiger partial charge in [-0.15, -0.1) is 0 Å². The Morgan fingerprint density at radius 3 is 2.60 bits per heavy atom. The van der Waals surface area contributed by atoms with Crippen molar-refractivity contribution < 1.29 is 9.72 Å². The molecule has 1 aliphatic heterocycles. The topological polar surface area (TPSA) is 75.8 Å². The smallest absolute Gasteiger partial charge is 0.270 e. The first-order valence-electron chi connectivity index (χ1n) is 7.83. The summed E-state index contributed by atoms with van der Waals surface area (Å²) in [5.41, 5.74) is 2.18. The van der Waals surface area contributed by atoms with Crippen molar-refractivity contribution in [1.29, 1.82) is 0 Å². The fourth-order valence-corrected chi connectivity index (χ4v) is 3.10. The van der Waals surface area contributed by atoms with Crippen molar-refractivity contribution in [1.82, 2.24) is 0 Å². The zero-order chi connectivity index (χ0) is 18.1. The van der Waals surface area contributed by atoms with Crippen LogP contribution in [0.1, 0.15) is 24.5 Å². The van der Waals surface area contributed by atoms with Gasteiger partial charge in [-0.05, 0) is 18.6 Å². The van der Waals surface area contributed by atoms with E-state index in [1.165, 1.54) is 17.0 Å². The minimum absolute atomic E-state index is 0.0608. The van der Waals surface area contributed by atoms with Gasteiger partial charge in [0.1, 0.15) is 6.04 Å². The molecule has 0 spiro atoms. The van der Waals surface area contributed by atoms with Crippen molar-refractivity contribution in [2.75, 3.05) is 11.9 Å². The van der Waals surface area contributed by atoms with Crippen LogP contribution >= 0.6 is 11.6 Å². The van der Waals surface area contributed by atoms with Gasteiger partial charge in [-0.2, -0.15) is 0 Å². The largest absolute Gasteiger partial charge is 0.313 e. The molecule has 2 aromatic rings. The number of aliphatic imine (C=N–C) groups is 1. The van der Waals surface area contributed by atoms with Crippen LogP contribution in [0.3, 0.4) is 0 Å². The molecule has 7 heteroatoms. The van der Waals surface area contributed by atoms with Gasteiger partial charge in [-0.25, -0.2) is 0 Å².